The highest BCUT2D eigenvalue weighted by Gasteiger charge is 2.11. The van der Waals surface area contributed by atoms with E-state index in [1.165, 1.54) is 6.92 Å². The van der Waals surface area contributed by atoms with E-state index in [4.69, 9.17) is 9.47 Å². The molecule has 22 heavy (non-hydrogen) atoms. The average molecular weight is 306 g/mol. The predicted molar refractivity (Wildman–Crippen MR) is 84.3 cm³/mol. The molecule has 0 radical (unpaired) electrons. The highest BCUT2D eigenvalue weighted by Crippen LogP contribution is 2.18. The highest BCUT2D eigenvalue weighted by molar-refractivity contribution is 6.03. The number of esters is 1. The minimum atomic E-state index is -0.383. The fourth-order valence-electron chi connectivity index (χ4n) is 1.86. The van der Waals surface area contributed by atoms with Crippen molar-refractivity contribution in [1.82, 2.24) is 9.72 Å². The van der Waals surface area contributed by atoms with Crippen molar-refractivity contribution in [1.29, 1.82) is 0 Å². The fourth-order valence-corrected chi connectivity index (χ4v) is 1.86. The summed E-state index contributed by atoms with van der Waals surface area (Å²) in [5.74, 6) is 0.274. The molecule has 0 atom stereocenters. The van der Waals surface area contributed by atoms with Gasteiger partial charge in [-0.1, -0.05) is 13.8 Å². The van der Waals surface area contributed by atoms with Crippen molar-refractivity contribution < 1.29 is 19.1 Å². The SMILES string of the molecule is CC.COc1ccc2c(C(=O)CNCOC(C)=O)ccn2c1. The van der Waals surface area contributed by atoms with Crippen molar-refractivity contribution >= 4 is 17.3 Å². The summed E-state index contributed by atoms with van der Waals surface area (Å²) >= 11 is 0. The summed E-state index contributed by atoms with van der Waals surface area (Å²) in [7, 11) is 1.59. The third kappa shape index (κ3) is 4.60. The molecule has 0 aliphatic carbocycles. The van der Waals surface area contributed by atoms with Crippen LogP contribution in [0.2, 0.25) is 0 Å². The van der Waals surface area contributed by atoms with Crippen LogP contribution >= 0.6 is 0 Å². The molecule has 2 rings (SSSR count). The molecule has 0 amide bonds. The lowest BCUT2D eigenvalue weighted by Crippen LogP contribution is -2.26. The zero-order valence-electron chi connectivity index (χ0n) is 13.4. The first-order chi connectivity index (χ1) is 10.6. The van der Waals surface area contributed by atoms with Crippen LogP contribution < -0.4 is 10.1 Å². The van der Waals surface area contributed by atoms with Gasteiger partial charge in [0.25, 0.3) is 0 Å². The number of nitrogens with zero attached hydrogens (tertiary/aromatic N) is 1. The van der Waals surface area contributed by atoms with Crippen LogP contribution in [-0.2, 0) is 9.53 Å². The third-order valence-electron chi connectivity index (χ3n) is 2.83. The standard InChI is InChI=1S/C14H16N2O4.C2H6/c1-10(17)20-9-15-7-14(18)12-5-6-16-8-11(19-2)3-4-13(12)16;1-2/h3-6,8,15H,7,9H2,1-2H3;1-2H3. The maximum atomic E-state index is 12.1. The van der Waals surface area contributed by atoms with Crippen LogP contribution in [0.25, 0.3) is 5.52 Å². The normalized spacial score (nSPS) is 9.82. The third-order valence-corrected chi connectivity index (χ3v) is 2.83. The Morgan fingerprint density at radius 1 is 1.23 bits per heavy atom. The Kier molecular flexibility index (Phi) is 7.12. The molecule has 120 valence electrons. The van der Waals surface area contributed by atoms with Crippen molar-refractivity contribution in [3.8, 4) is 5.75 Å². The van der Waals surface area contributed by atoms with E-state index in [9.17, 15) is 9.59 Å². The molecular weight excluding hydrogens is 284 g/mol. The molecular formula is C16H22N2O4. The van der Waals surface area contributed by atoms with Crippen molar-refractivity contribution in [2.75, 3.05) is 20.4 Å². The lowest BCUT2D eigenvalue weighted by molar-refractivity contribution is -0.141. The van der Waals surface area contributed by atoms with Gasteiger partial charge in [-0.2, -0.15) is 0 Å². The zero-order chi connectivity index (χ0) is 16.5. The highest BCUT2D eigenvalue weighted by atomic mass is 16.5. The van der Waals surface area contributed by atoms with Crippen molar-refractivity contribution in [3.63, 3.8) is 0 Å². The molecule has 0 saturated carbocycles. The number of pyridine rings is 1. The number of carbonyl (C=O) groups is 2. The Labute approximate surface area is 130 Å². The molecule has 1 N–H and O–H groups in total. The summed E-state index contributed by atoms with van der Waals surface area (Å²) in [6, 6.07) is 5.39. The van der Waals surface area contributed by atoms with Crippen molar-refractivity contribution in [2.24, 2.45) is 0 Å². The first-order valence-corrected chi connectivity index (χ1v) is 7.14. The lowest BCUT2D eigenvalue weighted by Gasteiger charge is -2.05. The van der Waals surface area contributed by atoms with E-state index >= 15 is 0 Å². The zero-order valence-corrected chi connectivity index (χ0v) is 13.4. The van der Waals surface area contributed by atoms with E-state index < -0.39 is 0 Å². The van der Waals surface area contributed by atoms with Gasteiger partial charge in [0.1, 0.15) is 12.5 Å². The summed E-state index contributed by atoms with van der Waals surface area (Å²) in [5, 5.41) is 2.77. The number of hydrogen-bond donors (Lipinski definition) is 1. The first-order valence-electron chi connectivity index (χ1n) is 7.14. The van der Waals surface area contributed by atoms with Crippen LogP contribution in [0.3, 0.4) is 0 Å². The number of aromatic nitrogens is 1. The van der Waals surface area contributed by atoms with Crippen LogP contribution in [0.1, 0.15) is 31.1 Å². The number of hydrogen-bond acceptors (Lipinski definition) is 5. The second-order valence-electron chi connectivity index (χ2n) is 4.22. The molecule has 0 aliphatic heterocycles. The van der Waals surface area contributed by atoms with Gasteiger partial charge in [0, 0.05) is 18.7 Å². The number of ketones is 1. The number of ether oxygens (including phenoxy) is 2. The number of nitrogens with one attached hydrogen (secondary N) is 1. The van der Waals surface area contributed by atoms with Gasteiger partial charge in [0.2, 0.25) is 0 Å². The number of carbonyl (C=O) groups excluding carboxylic acids is 2. The Balaban J connectivity index is 0.00000116. The predicted octanol–water partition coefficient (Wildman–Crippen LogP) is 2.27. The van der Waals surface area contributed by atoms with E-state index in [2.05, 4.69) is 5.32 Å². The Hall–Kier alpha value is -2.34. The van der Waals surface area contributed by atoms with Crippen molar-refractivity contribution in [3.05, 3.63) is 36.2 Å². The summed E-state index contributed by atoms with van der Waals surface area (Å²) in [6.45, 7) is 5.46. The van der Waals surface area contributed by atoms with Gasteiger partial charge in [-0.25, -0.2) is 0 Å². The maximum Gasteiger partial charge on any atom is 0.303 e. The molecule has 6 nitrogen and oxygen atoms in total. The summed E-state index contributed by atoms with van der Waals surface area (Å²) in [6.07, 6.45) is 3.61. The van der Waals surface area contributed by atoms with Crippen LogP contribution in [0.5, 0.6) is 5.75 Å². The molecule has 0 aromatic carbocycles. The number of rotatable bonds is 6. The first kappa shape index (κ1) is 17.7. The molecule has 0 unspecified atom stereocenters. The maximum absolute atomic E-state index is 12.1. The Morgan fingerprint density at radius 2 is 1.95 bits per heavy atom. The molecule has 2 heterocycles. The van der Waals surface area contributed by atoms with Crippen molar-refractivity contribution in [2.45, 2.75) is 20.8 Å². The van der Waals surface area contributed by atoms with Gasteiger partial charge in [-0.05, 0) is 18.2 Å². The van der Waals surface area contributed by atoms with Crippen LogP contribution in [0.4, 0.5) is 0 Å². The molecule has 0 spiro atoms. The fraction of sp³-hybridized carbons (Fsp3) is 0.375. The van der Waals surface area contributed by atoms with E-state index in [-0.39, 0.29) is 25.0 Å². The molecule has 0 aliphatic rings. The number of methoxy groups -OCH3 is 1. The minimum Gasteiger partial charge on any atom is -0.495 e. The molecule has 0 saturated heterocycles. The van der Waals surface area contributed by atoms with Gasteiger partial charge in [-0.3, -0.25) is 14.9 Å². The lowest BCUT2D eigenvalue weighted by atomic mass is 10.2. The van der Waals surface area contributed by atoms with Gasteiger partial charge < -0.3 is 13.9 Å². The second kappa shape index (κ2) is 8.84. The van der Waals surface area contributed by atoms with Crippen LogP contribution in [-0.4, -0.2) is 36.5 Å². The molecule has 6 heteroatoms. The van der Waals surface area contributed by atoms with Gasteiger partial charge >= 0.3 is 5.97 Å². The smallest absolute Gasteiger partial charge is 0.303 e. The largest absolute Gasteiger partial charge is 0.495 e. The number of Topliss-reactive ketones (excluding diaryl/α,β-unsaturated/α-hetero) is 1. The van der Waals surface area contributed by atoms with E-state index in [0.717, 1.165) is 11.3 Å². The summed E-state index contributed by atoms with van der Waals surface area (Å²) < 4.78 is 11.7. The quantitative estimate of drug-likeness (QED) is 0.384. The number of fused-ring (bicyclic) bond motifs is 1. The van der Waals surface area contributed by atoms with Gasteiger partial charge in [0.05, 0.1) is 25.4 Å². The average Bonchev–Trinajstić information content (AvgIpc) is 2.96. The minimum absolute atomic E-state index is 0.0285. The summed E-state index contributed by atoms with van der Waals surface area (Å²) in [4.78, 5) is 22.7. The molecule has 0 bridgehead atoms. The van der Waals surface area contributed by atoms with Gasteiger partial charge in [0.15, 0.2) is 5.78 Å². The van der Waals surface area contributed by atoms with Crippen LogP contribution in [0, 0.1) is 0 Å². The summed E-state index contributed by atoms with van der Waals surface area (Å²) in [5.41, 5.74) is 1.42. The molecule has 0 fully saturated rings. The van der Waals surface area contributed by atoms with Crippen LogP contribution in [0.15, 0.2) is 30.6 Å². The van der Waals surface area contributed by atoms with E-state index in [1.807, 2.05) is 24.3 Å². The van der Waals surface area contributed by atoms with E-state index in [1.54, 1.807) is 31.6 Å². The van der Waals surface area contributed by atoms with Gasteiger partial charge in [-0.15, -0.1) is 0 Å². The van der Waals surface area contributed by atoms with E-state index in [0.29, 0.717) is 5.56 Å². The monoisotopic (exact) mass is 306 g/mol. The Morgan fingerprint density at radius 3 is 2.59 bits per heavy atom. The molecule has 2 aromatic rings. The topological polar surface area (TPSA) is 69.0 Å². The Bertz CT molecular complexity index is 634. The molecule has 2 aromatic heterocycles. The second-order valence-corrected chi connectivity index (χ2v) is 4.22.